The van der Waals surface area contributed by atoms with Gasteiger partial charge in [-0.3, -0.25) is 0 Å². The minimum absolute atomic E-state index is 0.130. The van der Waals surface area contributed by atoms with E-state index in [4.69, 9.17) is 0 Å². The highest BCUT2D eigenvalue weighted by molar-refractivity contribution is 7.91. The van der Waals surface area contributed by atoms with Crippen LogP contribution in [0, 0.1) is 5.92 Å². The summed E-state index contributed by atoms with van der Waals surface area (Å²) in [5.74, 6) is 0.767. The number of hydrogen-bond donors (Lipinski definition) is 1. The van der Waals surface area contributed by atoms with Gasteiger partial charge in [0.1, 0.15) is 0 Å². The minimum Gasteiger partial charge on any atom is -0.382 e. The van der Waals surface area contributed by atoms with Crippen molar-refractivity contribution in [2.24, 2.45) is 5.92 Å². The maximum absolute atomic E-state index is 12.0. The van der Waals surface area contributed by atoms with E-state index in [1.807, 2.05) is 12.1 Å². The third kappa shape index (κ3) is 4.53. The van der Waals surface area contributed by atoms with Gasteiger partial charge in [0, 0.05) is 6.04 Å². The zero-order valence-electron chi connectivity index (χ0n) is 12.3. The monoisotopic (exact) mass is 283 g/mol. The van der Waals surface area contributed by atoms with E-state index in [9.17, 15) is 8.42 Å². The smallest absolute Gasteiger partial charge is 0.180 e. The molecule has 1 aromatic carbocycles. The first-order valence-corrected chi connectivity index (χ1v) is 8.64. The molecule has 108 valence electrons. The number of para-hydroxylation sites is 1. The number of rotatable bonds is 7. The Kier molecular flexibility index (Phi) is 5.85. The predicted octanol–water partition coefficient (Wildman–Crippen LogP) is 3.72. The molecule has 0 saturated carbocycles. The number of nitrogens with one attached hydrogen (secondary N) is 1. The summed E-state index contributed by atoms with van der Waals surface area (Å²) in [4.78, 5) is 0.411. The first-order valence-electron chi connectivity index (χ1n) is 6.99. The number of sulfone groups is 1. The summed E-state index contributed by atoms with van der Waals surface area (Å²) < 4.78 is 24.1. The molecule has 0 fully saturated rings. The molecule has 2 atom stereocenters. The van der Waals surface area contributed by atoms with Crippen molar-refractivity contribution in [3.05, 3.63) is 24.3 Å². The minimum atomic E-state index is -3.17. The van der Waals surface area contributed by atoms with Crippen LogP contribution in [0.15, 0.2) is 29.2 Å². The van der Waals surface area contributed by atoms with Crippen LogP contribution in [0.25, 0.3) is 0 Å². The Morgan fingerprint density at radius 2 is 1.79 bits per heavy atom. The van der Waals surface area contributed by atoms with Crippen molar-refractivity contribution >= 4 is 15.5 Å². The van der Waals surface area contributed by atoms with E-state index < -0.39 is 9.84 Å². The highest BCUT2D eigenvalue weighted by Crippen LogP contribution is 2.24. The molecule has 0 amide bonds. The van der Waals surface area contributed by atoms with Crippen LogP contribution in [0.4, 0.5) is 5.69 Å². The second kappa shape index (κ2) is 6.94. The lowest BCUT2D eigenvalue weighted by atomic mass is 10.0. The topological polar surface area (TPSA) is 46.2 Å². The van der Waals surface area contributed by atoms with Crippen molar-refractivity contribution in [1.29, 1.82) is 0 Å². The van der Waals surface area contributed by atoms with Crippen LogP contribution >= 0.6 is 0 Å². The molecule has 1 N–H and O–H groups in total. The average molecular weight is 283 g/mol. The van der Waals surface area contributed by atoms with Crippen LogP contribution < -0.4 is 5.32 Å². The second-order valence-corrected chi connectivity index (χ2v) is 7.44. The standard InChI is InChI=1S/C15H25NO2S/c1-5-12(3)11-13(4)16-14-9-7-8-10-15(14)19(17,18)6-2/h7-10,12-13,16H,5-6,11H2,1-4H3. The summed E-state index contributed by atoms with van der Waals surface area (Å²) >= 11 is 0. The molecule has 0 heterocycles. The maximum Gasteiger partial charge on any atom is 0.180 e. The van der Waals surface area contributed by atoms with Crippen LogP contribution in [-0.4, -0.2) is 20.2 Å². The van der Waals surface area contributed by atoms with Crippen LogP contribution in [0.2, 0.25) is 0 Å². The molecule has 3 nitrogen and oxygen atoms in total. The molecule has 0 spiro atoms. The molecule has 4 heteroatoms. The molecule has 0 bridgehead atoms. The molecule has 0 aliphatic heterocycles. The molecule has 0 aromatic heterocycles. The number of anilines is 1. The Labute approximate surface area is 117 Å². The molecular weight excluding hydrogens is 258 g/mol. The summed E-state index contributed by atoms with van der Waals surface area (Å²) in [6.45, 7) is 8.16. The Morgan fingerprint density at radius 3 is 2.37 bits per heavy atom. The van der Waals surface area contributed by atoms with Crippen LogP contribution in [0.3, 0.4) is 0 Å². The van der Waals surface area contributed by atoms with E-state index in [1.165, 1.54) is 0 Å². The fourth-order valence-corrected chi connectivity index (χ4v) is 3.17. The fourth-order valence-electron chi connectivity index (χ4n) is 2.11. The largest absolute Gasteiger partial charge is 0.382 e. The van der Waals surface area contributed by atoms with E-state index in [1.54, 1.807) is 19.1 Å². The van der Waals surface area contributed by atoms with Gasteiger partial charge in [-0.05, 0) is 31.4 Å². The molecule has 1 rings (SSSR count). The number of benzene rings is 1. The van der Waals surface area contributed by atoms with Gasteiger partial charge in [-0.1, -0.05) is 39.3 Å². The van der Waals surface area contributed by atoms with E-state index in [0.29, 0.717) is 10.8 Å². The Balaban J connectivity index is 2.90. The SMILES string of the molecule is CCC(C)CC(C)Nc1ccccc1S(=O)(=O)CC. The third-order valence-electron chi connectivity index (χ3n) is 3.46. The van der Waals surface area contributed by atoms with Crippen molar-refractivity contribution in [3.8, 4) is 0 Å². The van der Waals surface area contributed by atoms with Gasteiger partial charge in [0.15, 0.2) is 9.84 Å². The Hall–Kier alpha value is -1.03. The van der Waals surface area contributed by atoms with Gasteiger partial charge in [-0.25, -0.2) is 8.42 Å². The predicted molar refractivity (Wildman–Crippen MR) is 81.3 cm³/mol. The lowest BCUT2D eigenvalue weighted by Gasteiger charge is -2.20. The normalized spacial score (nSPS) is 14.9. The van der Waals surface area contributed by atoms with Crippen LogP contribution in [0.1, 0.15) is 40.5 Å². The maximum atomic E-state index is 12.0. The molecule has 2 unspecified atom stereocenters. The molecule has 19 heavy (non-hydrogen) atoms. The zero-order valence-corrected chi connectivity index (χ0v) is 13.1. The van der Waals surface area contributed by atoms with Crippen LogP contribution in [-0.2, 0) is 9.84 Å². The van der Waals surface area contributed by atoms with E-state index in [0.717, 1.165) is 18.5 Å². The summed E-state index contributed by atoms with van der Waals surface area (Å²) in [6.07, 6.45) is 2.18. The van der Waals surface area contributed by atoms with Crippen molar-refractivity contribution < 1.29 is 8.42 Å². The van der Waals surface area contributed by atoms with Gasteiger partial charge >= 0.3 is 0 Å². The highest BCUT2D eigenvalue weighted by Gasteiger charge is 2.17. The van der Waals surface area contributed by atoms with E-state index >= 15 is 0 Å². The molecule has 0 radical (unpaired) electrons. The quantitative estimate of drug-likeness (QED) is 0.829. The van der Waals surface area contributed by atoms with E-state index in [-0.39, 0.29) is 11.8 Å². The highest BCUT2D eigenvalue weighted by atomic mass is 32.2. The first-order chi connectivity index (χ1) is 8.90. The lowest BCUT2D eigenvalue weighted by molar-refractivity contribution is 0.483. The molecule has 0 aliphatic carbocycles. The Morgan fingerprint density at radius 1 is 1.16 bits per heavy atom. The first kappa shape index (κ1) is 16.0. The second-order valence-electron chi connectivity index (χ2n) is 5.19. The van der Waals surface area contributed by atoms with Crippen LogP contribution in [0.5, 0.6) is 0 Å². The molecule has 0 saturated heterocycles. The van der Waals surface area contributed by atoms with Gasteiger partial charge in [-0.15, -0.1) is 0 Å². The molecule has 0 aliphatic rings. The van der Waals surface area contributed by atoms with E-state index in [2.05, 4.69) is 26.1 Å². The average Bonchev–Trinajstić information content (AvgIpc) is 2.38. The van der Waals surface area contributed by atoms with Gasteiger partial charge in [-0.2, -0.15) is 0 Å². The van der Waals surface area contributed by atoms with Gasteiger partial charge in [0.2, 0.25) is 0 Å². The lowest BCUT2D eigenvalue weighted by Crippen LogP contribution is -2.20. The van der Waals surface area contributed by atoms with Gasteiger partial charge in [0.25, 0.3) is 0 Å². The van der Waals surface area contributed by atoms with Gasteiger partial charge < -0.3 is 5.32 Å². The van der Waals surface area contributed by atoms with Gasteiger partial charge in [0.05, 0.1) is 16.3 Å². The summed E-state index contributed by atoms with van der Waals surface area (Å²) in [7, 11) is -3.17. The number of hydrogen-bond acceptors (Lipinski definition) is 3. The zero-order chi connectivity index (χ0) is 14.5. The Bertz CT molecular complexity index is 497. The fraction of sp³-hybridized carbons (Fsp3) is 0.600. The van der Waals surface area contributed by atoms with Crippen molar-refractivity contribution in [3.63, 3.8) is 0 Å². The van der Waals surface area contributed by atoms with Crippen molar-refractivity contribution in [1.82, 2.24) is 0 Å². The molecular formula is C15H25NO2S. The third-order valence-corrected chi connectivity index (χ3v) is 5.24. The van der Waals surface area contributed by atoms with Crippen molar-refractivity contribution in [2.45, 2.75) is 51.5 Å². The summed E-state index contributed by atoms with van der Waals surface area (Å²) in [6, 6.07) is 7.43. The molecule has 1 aromatic rings. The summed E-state index contributed by atoms with van der Waals surface area (Å²) in [5, 5.41) is 3.34. The summed E-state index contributed by atoms with van der Waals surface area (Å²) in [5.41, 5.74) is 0.722. The van der Waals surface area contributed by atoms with Crippen molar-refractivity contribution in [2.75, 3.05) is 11.1 Å².